The Morgan fingerprint density at radius 2 is 2.11 bits per heavy atom. The number of hydrogen-bond acceptors (Lipinski definition) is 8. The van der Waals surface area contributed by atoms with E-state index >= 15 is 0 Å². The molecule has 5 rings (SSSR count). The molecule has 2 fully saturated rings. The smallest absolute Gasteiger partial charge is 0.254 e. The van der Waals surface area contributed by atoms with Gasteiger partial charge >= 0.3 is 0 Å². The van der Waals surface area contributed by atoms with Crippen molar-refractivity contribution >= 4 is 29.3 Å². The van der Waals surface area contributed by atoms with Crippen molar-refractivity contribution in [2.24, 2.45) is 0 Å². The minimum Gasteiger partial charge on any atom is -0.378 e. The predicted molar refractivity (Wildman–Crippen MR) is 135 cm³/mol. The van der Waals surface area contributed by atoms with Gasteiger partial charge in [0, 0.05) is 43.0 Å². The van der Waals surface area contributed by atoms with E-state index in [1.54, 1.807) is 12.3 Å². The quantitative estimate of drug-likeness (QED) is 0.596. The van der Waals surface area contributed by atoms with E-state index in [9.17, 15) is 14.9 Å². The van der Waals surface area contributed by atoms with Crippen LogP contribution >= 0.6 is 0 Å². The van der Waals surface area contributed by atoms with Crippen LogP contribution in [0.1, 0.15) is 47.2 Å². The highest BCUT2D eigenvalue weighted by Crippen LogP contribution is 2.33. The zero-order valence-electron chi connectivity index (χ0n) is 20.1. The normalized spacial score (nSPS) is 21.5. The lowest BCUT2D eigenvalue weighted by Gasteiger charge is -2.35. The Bertz CT molecular complexity index is 1220. The first-order valence-electron chi connectivity index (χ1n) is 12.3. The minimum absolute atomic E-state index is 0.00502. The molecule has 0 unspecified atom stereocenters. The van der Waals surface area contributed by atoms with Gasteiger partial charge in [-0.15, -0.1) is 0 Å². The van der Waals surface area contributed by atoms with E-state index in [0.717, 1.165) is 31.2 Å². The summed E-state index contributed by atoms with van der Waals surface area (Å²) in [5.74, 6) is 0.824. The molecule has 1 saturated heterocycles. The number of hydrogen-bond donors (Lipinski definition) is 2. The van der Waals surface area contributed by atoms with Gasteiger partial charge in [0.25, 0.3) is 5.91 Å². The van der Waals surface area contributed by atoms with Crippen LogP contribution in [-0.2, 0) is 16.1 Å². The second-order valence-corrected chi connectivity index (χ2v) is 9.30. The number of nitrogens with one attached hydrogen (secondary N) is 2. The lowest BCUT2D eigenvalue weighted by atomic mass is 9.90. The van der Waals surface area contributed by atoms with Gasteiger partial charge in [-0.2, -0.15) is 10.2 Å². The lowest BCUT2D eigenvalue weighted by molar-refractivity contribution is -0.111. The second-order valence-electron chi connectivity index (χ2n) is 9.30. The first-order chi connectivity index (χ1) is 17.6. The third-order valence-corrected chi connectivity index (χ3v) is 7.01. The summed E-state index contributed by atoms with van der Waals surface area (Å²) in [6.45, 7) is 6.62. The number of nitrogens with zero attached hydrogens (tertiary/aromatic N) is 5. The molecule has 2 atom stereocenters. The van der Waals surface area contributed by atoms with Crippen LogP contribution in [0.4, 0.5) is 17.5 Å². The van der Waals surface area contributed by atoms with Crippen LogP contribution in [0.3, 0.4) is 0 Å². The Morgan fingerprint density at radius 3 is 2.89 bits per heavy atom. The summed E-state index contributed by atoms with van der Waals surface area (Å²) in [4.78, 5) is 38.0. The van der Waals surface area contributed by atoms with Gasteiger partial charge < -0.3 is 25.2 Å². The molecule has 1 saturated carbocycles. The van der Waals surface area contributed by atoms with E-state index in [1.807, 2.05) is 17.0 Å². The van der Waals surface area contributed by atoms with Crippen LogP contribution in [0.15, 0.2) is 37.1 Å². The summed E-state index contributed by atoms with van der Waals surface area (Å²) in [6.07, 6.45) is 6.44. The van der Waals surface area contributed by atoms with E-state index in [-0.39, 0.29) is 23.9 Å². The van der Waals surface area contributed by atoms with Gasteiger partial charge in [0.2, 0.25) is 11.9 Å². The lowest BCUT2D eigenvalue weighted by Crippen LogP contribution is -2.42. The third kappa shape index (κ3) is 4.88. The molecule has 3 aliphatic rings. The predicted octanol–water partition coefficient (Wildman–Crippen LogP) is 2.69. The van der Waals surface area contributed by atoms with Gasteiger partial charge in [-0.3, -0.25) is 9.59 Å². The molecule has 186 valence electrons. The molecule has 2 amide bonds. The average Bonchev–Trinajstić information content (AvgIpc) is 3.25. The number of ether oxygens (including phenoxy) is 1. The van der Waals surface area contributed by atoms with Crippen LogP contribution in [0.5, 0.6) is 0 Å². The molecule has 0 spiro atoms. The molecule has 10 heteroatoms. The Kier molecular flexibility index (Phi) is 6.82. The van der Waals surface area contributed by atoms with Crippen molar-refractivity contribution in [3.05, 3.63) is 53.7 Å². The van der Waals surface area contributed by atoms with Crippen molar-refractivity contribution in [1.29, 1.82) is 5.26 Å². The molecule has 36 heavy (non-hydrogen) atoms. The number of aromatic nitrogens is 2. The van der Waals surface area contributed by atoms with Gasteiger partial charge in [-0.25, -0.2) is 4.98 Å². The van der Waals surface area contributed by atoms with E-state index < -0.39 is 0 Å². The van der Waals surface area contributed by atoms with E-state index in [1.165, 1.54) is 6.08 Å². The topological polar surface area (TPSA) is 123 Å². The highest BCUT2D eigenvalue weighted by atomic mass is 16.5. The Morgan fingerprint density at radius 1 is 1.28 bits per heavy atom. The van der Waals surface area contributed by atoms with E-state index in [2.05, 4.69) is 38.1 Å². The largest absolute Gasteiger partial charge is 0.378 e. The van der Waals surface area contributed by atoms with Crippen molar-refractivity contribution in [3.63, 3.8) is 0 Å². The van der Waals surface area contributed by atoms with Gasteiger partial charge in [0.05, 0.1) is 19.4 Å². The summed E-state index contributed by atoms with van der Waals surface area (Å²) in [5, 5.41) is 15.7. The van der Waals surface area contributed by atoms with Gasteiger partial charge in [-0.1, -0.05) is 12.6 Å². The number of nitriles is 1. The molecule has 0 radical (unpaired) electrons. The molecular formula is C26H29N7O3. The summed E-state index contributed by atoms with van der Waals surface area (Å²) < 4.78 is 5.43. The second kappa shape index (κ2) is 10.3. The first-order valence-corrected chi connectivity index (χ1v) is 12.3. The molecule has 1 aliphatic carbocycles. The van der Waals surface area contributed by atoms with Crippen LogP contribution in [-0.4, -0.2) is 65.1 Å². The first kappa shape index (κ1) is 23.8. The minimum atomic E-state index is -0.305. The van der Waals surface area contributed by atoms with Gasteiger partial charge in [0.15, 0.2) is 5.82 Å². The van der Waals surface area contributed by atoms with Crippen molar-refractivity contribution in [2.45, 2.75) is 44.3 Å². The Labute approximate surface area is 210 Å². The zero-order valence-corrected chi connectivity index (χ0v) is 20.1. The number of carbonyl (C=O) groups excluding carboxylic acids is 2. The van der Waals surface area contributed by atoms with E-state index in [4.69, 9.17) is 4.74 Å². The molecular weight excluding hydrogens is 458 g/mol. The molecule has 10 nitrogen and oxygen atoms in total. The maximum atomic E-state index is 13.3. The average molecular weight is 488 g/mol. The molecule has 0 bridgehead atoms. The number of rotatable bonds is 6. The molecule has 2 N–H and O–H groups in total. The van der Waals surface area contributed by atoms with Crippen molar-refractivity contribution in [3.8, 4) is 6.07 Å². The van der Waals surface area contributed by atoms with Gasteiger partial charge in [-0.05, 0) is 49.5 Å². The number of benzene rings is 1. The third-order valence-electron chi connectivity index (χ3n) is 7.01. The number of amides is 2. The molecule has 2 aliphatic heterocycles. The number of fused-ring (bicyclic) bond motifs is 1. The Balaban J connectivity index is 1.26. The maximum absolute atomic E-state index is 13.3. The standard InChI is InChI=1S/C26H29N7O3/c1-2-23(34)29-20-7-6-17-16-33(25(35)22(17)13-20)21-5-3-4-19(12-21)30-26-28-15-18(14-27)24(31-26)32-8-10-36-11-9-32/h2,6-7,13,15,19,21H,1,3-5,8-12,16H2,(H,29,34)(H,28,30,31)/t19-,21+/m1/s1. The van der Waals surface area contributed by atoms with E-state index in [0.29, 0.717) is 61.4 Å². The molecule has 1 aromatic carbocycles. The number of morpholine rings is 1. The molecule has 1 aromatic heterocycles. The highest BCUT2D eigenvalue weighted by molar-refractivity contribution is 6.02. The zero-order chi connectivity index (χ0) is 25.1. The van der Waals surface area contributed by atoms with Crippen LogP contribution < -0.4 is 15.5 Å². The highest BCUT2D eigenvalue weighted by Gasteiger charge is 2.36. The van der Waals surface area contributed by atoms with Crippen molar-refractivity contribution in [2.75, 3.05) is 41.8 Å². The van der Waals surface area contributed by atoms with Crippen molar-refractivity contribution < 1.29 is 14.3 Å². The van der Waals surface area contributed by atoms with Crippen LogP contribution in [0.25, 0.3) is 0 Å². The Hall–Kier alpha value is -3.97. The fraction of sp³-hybridized carbons (Fsp3) is 0.423. The van der Waals surface area contributed by atoms with Crippen molar-refractivity contribution in [1.82, 2.24) is 14.9 Å². The fourth-order valence-corrected chi connectivity index (χ4v) is 5.19. The number of carbonyl (C=O) groups is 2. The van der Waals surface area contributed by atoms with Gasteiger partial charge in [0.1, 0.15) is 11.6 Å². The fourth-order valence-electron chi connectivity index (χ4n) is 5.19. The summed E-state index contributed by atoms with van der Waals surface area (Å²) in [6, 6.07) is 7.87. The summed E-state index contributed by atoms with van der Waals surface area (Å²) in [7, 11) is 0. The monoisotopic (exact) mass is 487 g/mol. The molecule has 3 heterocycles. The molecule has 2 aromatic rings. The summed E-state index contributed by atoms with van der Waals surface area (Å²) >= 11 is 0. The van der Waals surface area contributed by atoms with Crippen LogP contribution in [0.2, 0.25) is 0 Å². The maximum Gasteiger partial charge on any atom is 0.254 e. The van der Waals surface area contributed by atoms with Crippen LogP contribution in [0, 0.1) is 11.3 Å². The summed E-state index contributed by atoms with van der Waals surface area (Å²) in [5.41, 5.74) is 2.65. The SMILES string of the molecule is C=CC(=O)Nc1ccc2c(c1)C(=O)N([C@H]1CCC[C@@H](Nc3ncc(C#N)c(N4CCOCC4)n3)C1)C2. The number of anilines is 3.